The number of benzene rings is 1. The Morgan fingerprint density at radius 1 is 1.20 bits per heavy atom. The van der Waals surface area contributed by atoms with Crippen molar-refractivity contribution >= 4 is 28.8 Å². The molecule has 1 fully saturated rings. The summed E-state index contributed by atoms with van der Waals surface area (Å²) < 4.78 is 5.27. The first kappa shape index (κ1) is 14.9. The second-order valence-electron chi connectivity index (χ2n) is 5.13. The quantitative estimate of drug-likeness (QED) is 0.806. The van der Waals surface area contributed by atoms with Crippen LogP contribution in [0, 0.1) is 20.8 Å². The Hall–Kier alpha value is -1.46. The van der Waals surface area contributed by atoms with Gasteiger partial charge in [0.05, 0.1) is 13.2 Å². The molecular formula is C15H20N2O2S. The molecule has 0 unspecified atom stereocenters. The number of amides is 1. The summed E-state index contributed by atoms with van der Waals surface area (Å²) in [6, 6.07) is 4.11. The molecule has 0 radical (unpaired) electrons. The van der Waals surface area contributed by atoms with E-state index < -0.39 is 0 Å². The number of aryl methyl sites for hydroxylation is 3. The fourth-order valence-electron chi connectivity index (χ4n) is 2.45. The molecule has 4 nitrogen and oxygen atoms in total. The van der Waals surface area contributed by atoms with E-state index in [2.05, 4.69) is 17.4 Å². The highest BCUT2D eigenvalue weighted by Gasteiger charge is 2.20. The van der Waals surface area contributed by atoms with Crippen LogP contribution in [-0.4, -0.2) is 42.1 Å². The summed E-state index contributed by atoms with van der Waals surface area (Å²) in [5.41, 5.74) is 4.16. The van der Waals surface area contributed by atoms with Crippen molar-refractivity contribution in [3.8, 4) is 0 Å². The molecule has 108 valence electrons. The van der Waals surface area contributed by atoms with Crippen LogP contribution >= 0.6 is 12.2 Å². The molecule has 1 amide bonds. The summed E-state index contributed by atoms with van der Waals surface area (Å²) in [5, 5.41) is 2.94. The van der Waals surface area contributed by atoms with E-state index in [1.165, 1.54) is 5.56 Å². The molecule has 0 spiro atoms. The standard InChI is InChI=1S/C15H20N2O2S/c1-10-8-11(2)13(12(3)9-10)16-14(18)15(20)17-4-6-19-7-5-17/h8-9H,4-7H2,1-3H3,(H,16,18). The van der Waals surface area contributed by atoms with Crippen molar-refractivity contribution in [3.63, 3.8) is 0 Å². The van der Waals surface area contributed by atoms with E-state index in [1.54, 1.807) is 0 Å². The number of hydrogen-bond acceptors (Lipinski definition) is 3. The molecule has 0 atom stereocenters. The highest BCUT2D eigenvalue weighted by atomic mass is 32.1. The largest absolute Gasteiger partial charge is 0.378 e. The zero-order chi connectivity index (χ0) is 14.7. The van der Waals surface area contributed by atoms with Gasteiger partial charge in [0.2, 0.25) is 0 Å². The maximum Gasteiger partial charge on any atom is 0.283 e. The summed E-state index contributed by atoms with van der Waals surface area (Å²) in [4.78, 5) is 14.5. The Morgan fingerprint density at radius 2 is 1.75 bits per heavy atom. The number of carbonyl (C=O) groups is 1. The van der Waals surface area contributed by atoms with E-state index in [0.29, 0.717) is 31.3 Å². The third-order valence-corrected chi connectivity index (χ3v) is 3.85. The lowest BCUT2D eigenvalue weighted by Gasteiger charge is -2.28. The topological polar surface area (TPSA) is 41.6 Å². The Labute approximate surface area is 125 Å². The predicted octanol–water partition coefficient (Wildman–Crippen LogP) is 2.21. The highest BCUT2D eigenvalue weighted by molar-refractivity contribution is 7.82. The van der Waals surface area contributed by atoms with Crippen LogP contribution in [0.4, 0.5) is 5.69 Å². The highest BCUT2D eigenvalue weighted by Crippen LogP contribution is 2.22. The molecule has 2 rings (SSSR count). The predicted molar refractivity (Wildman–Crippen MR) is 84.3 cm³/mol. The van der Waals surface area contributed by atoms with Crippen LogP contribution in [0.2, 0.25) is 0 Å². The van der Waals surface area contributed by atoms with Crippen LogP contribution in [0.15, 0.2) is 12.1 Å². The molecule has 0 aliphatic carbocycles. The van der Waals surface area contributed by atoms with Gasteiger partial charge in [-0.3, -0.25) is 4.79 Å². The average Bonchev–Trinajstić information content (AvgIpc) is 2.42. The second kappa shape index (κ2) is 6.33. The number of anilines is 1. The van der Waals surface area contributed by atoms with Crippen molar-refractivity contribution in [1.29, 1.82) is 0 Å². The minimum absolute atomic E-state index is 0.211. The van der Waals surface area contributed by atoms with Crippen molar-refractivity contribution in [1.82, 2.24) is 4.90 Å². The first-order valence-electron chi connectivity index (χ1n) is 6.75. The molecule has 20 heavy (non-hydrogen) atoms. The molecule has 1 aromatic carbocycles. The van der Waals surface area contributed by atoms with Gasteiger partial charge in [-0.25, -0.2) is 0 Å². The Morgan fingerprint density at radius 3 is 2.30 bits per heavy atom. The molecule has 1 saturated heterocycles. The number of nitrogens with zero attached hydrogens (tertiary/aromatic N) is 1. The maximum atomic E-state index is 12.3. The van der Waals surface area contributed by atoms with Gasteiger partial charge < -0.3 is 15.0 Å². The van der Waals surface area contributed by atoms with E-state index in [4.69, 9.17) is 17.0 Å². The van der Waals surface area contributed by atoms with Crippen LogP contribution in [-0.2, 0) is 9.53 Å². The molecule has 1 heterocycles. The Kier molecular flexibility index (Phi) is 4.73. The molecular weight excluding hydrogens is 272 g/mol. The van der Waals surface area contributed by atoms with Crippen molar-refractivity contribution in [2.24, 2.45) is 0 Å². The lowest BCUT2D eigenvalue weighted by Crippen LogP contribution is -2.45. The lowest BCUT2D eigenvalue weighted by atomic mass is 10.1. The van der Waals surface area contributed by atoms with Gasteiger partial charge in [0.1, 0.15) is 0 Å². The van der Waals surface area contributed by atoms with E-state index in [-0.39, 0.29) is 5.91 Å². The van der Waals surface area contributed by atoms with Crippen molar-refractivity contribution in [2.75, 3.05) is 31.6 Å². The first-order valence-corrected chi connectivity index (χ1v) is 7.15. The smallest absolute Gasteiger partial charge is 0.283 e. The minimum atomic E-state index is -0.211. The van der Waals surface area contributed by atoms with Crippen molar-refractivity contribution in [2.45, 2.75) is 20.8 Å². The molecule has 1 aliphatic heterocycles. The van der Waals surface area contributed by atoms with E-state index in [0.717, 1.165) is 16.8 Å². The Bertz CT molecular complexity index is 514. The van der Waals surface area contributed by atoms with Gasteiger partial charge in [0.15, 0.2) is 4.99 Å². The summed E-state index contributed by atoms with van der Waals surface area (Å²) in [6.45, 7) is 8.63. The Balaban J connectivity index is 2.09. The van der Waals surface area contributed by atoms with Crippen LogP contribution in [0.25, 0.3) is 0 Å². The summed E-state index contributed by atoms with van der Waals surface area (Å²) in [5.74, 6) is -0.211. The van der Waals surface area contributed by atoms with Crippen molar-refractivity contribution in [3.05, 3.63) is 28.8 Å². The monoisotopic (exact) mass is 292 g/mol. The molecule has 1 aliphatic rings. The minimum Gasteiger partial charge on any atom is -0.378 e. The second-order valence-corrected chi connectivity index (χ2v) is 5.52. The number of morpholine rings is 1. The maximum absolute atomic E-state index is 12.3. The van der Waals surface area contributed by atoms with Gasteiger partial charge >= 0.3 is 0 Å². The van der Waals surface area contributed by atoms with Gasteiger partial charge in [-0.2, -0.15) is 0 Å². The van der Waals surface area contributed by atoms with Gasteiger partial charge in [-0.15, -0.1) is 0 Å². The van der Waals surface area contributed by atoms with Crippen molar-refractivity contribution < 1.29 is 9.53 Å². The number of rotatable bonds is 1. The van der Waals surface area contributed by atoms with Gasteiger partial charge in [0, 0.05) is 18.8 Å². The van der Waals surface area contributed by atoms with Crippen LogP contribution in [0.3, 0.4) is 0 Å². The normalized spacial score (nSPS) is 15.1. The number of ether oxygens (including phenoxy) is 1. The summed E-state index contributed by atoms with van der Waals surface area (Å²) in [6.07, 6.45) is 0. The fraction of sp³-hybridized carbons (Fsp3) is 0.467. The van der Waals surface area contributed by atoms with Gasteiger partial charge in [-0.05, 0) is 31.9 Å². The summed E-state index contributed by atoms with van der Waals surface area (Å²) >= 11 is 5.27. The van der Waals surface area contributed by atoms with E-state index in [1.807, 2.05) is 25.7 Å². The molecule has 0 aromatic heterocycles. The molecule has 1 N–H and O–H groups in total. The van der Waals surface area contributed by atoms with Gasteiger partial charge in [-0.1, -0.05) is 29.9 Å². The first-order chi connectivity index (χ1) is 9.49. The van der Waals surface area contributed by atoms with Gasteiger partial charge in [0.25, 0.3) is 5.91 Å². The van der Waals surface area contributed by atoms with E-state index in [9.17, 15) is 4.79 Å². The third kappa shape index (κ3) is 3.35. The lowest BCUT2D eigenvalue weighted by molar-refractivity contribution is -0.111. The van der Waals surface area contributed by atoms with E-state index >= 15 is 0 Å². The number of thiocarbonyl (C=S) groups is 1. The van der Waals surface area contributed by atoms with Crippen LogP contribution < -0.4 is 5.32 Å². The van der Waals surface area contributed by atoms with Crippen LogP contribution in [0.5, 0.6) is 0 Å². The zero-order valence-corrected chi connectivity index (χ0v) is 13.0. The summed E-state index contributed by atoms with van der Waals surface area (Å²) in [7, 11) is 0. The zero-order valence-electron chi connectivity index (χ0n) is 12.2. The SMILES string of the molecule is Cc1cc(C)c(NC(=O)C(=S)N2CCOCC2)c(C)c1. The number of nitrogens with one attached hydrogen (secondary N) is 1. The number of hydrogen-bond donors (Lipinski definition) is 1. The third-order valence-electron chi connectivity index (χ3n) is 3.41. The molecule has 5 heteroatoms. The molecule has 0 saturated carbocycles. The van der Waals surface area contributed by atoms with Crippen LogP contribution in [0.1, 0.15) is 16.7 Å². The fourth-order valence-corrected chi connectivity index (χ4v) is 2.69. The number of carbonyl (C=O) groups excluding carboxylic acids is 1. The average molecular weight is 292 g/mol. The molecule has 1 aromatic rings. The molecule has 0 bridgehead atoms.